The minimum atomic E-state index is -4.39. The maximum atomic E-state index is 13.6. The second-order valence-corrected chi connectivity index (χ2v) is 11.0. The molecule has 0 spiro atoms. The van der Waals surface area contributed by atoms with Crippen molar-refractivity contribution >= 4 is 28.2 Å². The van der Waals surface area contributed by atoms with Crippen LogP contribution in [0, 0.1) is 11.8 Å². The summed E-state index contributed by atoms with van der Waals surface area (Å²) in [5.41, 5.74) is 2.73. The van der Waals surface area contributed by atoms with Gasteiger partial charge in [-0.3, -0.25) is 4.79 Å². The molecule has 1 aromatic heterocycles. The van der Waals surface area contributed by atoms with Gasteiger partial charge in [-0.2, -0.15) is 13.2 Å². The van der Waals surface area contributed by atoms with Gasteiger partial charge in [0.2, 0.25) is 0 Å². The van der Waals surface area contributed by atoms with Crippen LogP contribution in [0.25, 0.3) is 10.9 Å². The van der Waals surface area contributed by atoms with Crippen LogP contribution in [-0.2, 0) is 6.54 Å². The van der Waals surface area contributed by atoms with Crippen LogP contribution in [0.2, 0.25) is 0 Å². The molecule has 3 aromatic rings. The lowest BCUT2D eigenvalue weighted by atomic mass is 9.90. The molecule has 2 heterocycles. The molecule has 1 amide bonds. The van der Waals surface area contributed by atoms with E-state index in [0.717, 1.165) is 36.8 Å². The fourth-order valence-corrected chi connectivity index (χ4v) is 6.17. The highest BCUT2D eigenvalue weighted by Crippen LogP contribution is 2.33. The molecule has 5 rings (SSSR count). The summed E-state index contributed by atoms with van der Waals surface area (Å²) in [6, 6.07) is 13.2. The second-order valence-electron chi connectivity index (χ2n) is 11.0. The number of alkyl halides is 3. The standard InChI is InChI=1S/C32H38F3N5O2/c1-36-31(41)22-10-15-28(30(19-22)42-2)37-16-6-7-25-20-26-27(8-5-9-29(26)40(25)21-32(33,34)35)38-23-11-13-24(14-12-23)39-17-3-4-18-39/h5,8-10,15,19-20,23-24,37-38H,3-4,11-14,16-18,21H2,1-2H3,(H,36,41)/t23-,24-. The van der Waals surface area contributed by atoms with Crippen LogP contribution in [-0.4, -0.2) is 67.4 Å². The second kappa shape index (κ2) is 13.0. The Bertz CT molecular complexity index is 1460. The predicted molar refractivity (Wildman–Crippen MR) is 160 cm³/mol. The fraction of sp³-hybridized carbons (Fsp3) is 0.469. The van der Waals surface area contributed by atoms with Gasteiger partial charge in [-0.25, -0.2) is 0 Å². The summed E-state index contributed by atoms with van der Waals surface area (Å²) in [5.74, 6) is 6.14. The monoisotopic (exact) mass is 581 g/mol. The van der Waals surface area contributed by atoms with Gasteiger partial charge in [0.1, 0.15) is 12.3 Å². The number of nitrogens with zero attached hydrogens (tertiary/aromatic N) is 2. The lowest BCUT2D eigenvalue weighted by Crippen LogP contribution is -2.38. The van der Waals surface area contributed by atoms with E-state index >= 15 is 0 Å². The van der Waals surface area contributed by atoms with E-state index < -0.39 is 12.7 Å². The summed E-state index contributed by atoms with van der Waals surface area (Å²) < 4.78 is 47.5. The van der Waals surface area contributed by atoms with Crippen LogP contribution < -0.4 is 20.7 Å². The first kappa shape index (κ1) is 29.6. The third-order valence-electron chi connectivity index (χ3n) is 8.27. The number of anilines is 2. The number of halogens is 3. The maximum absolute atomic E-state index is 13.6. The highest BCUT2D eigenvalue weighted by atomic mass is 19.4. The smallest absolute Gasteiger partial charge is 0.406 e. The third-order valence-corrected chi connectivity index (χ3v) is 8.27. The number of carbonyl (C=O) groups is 1. The van der Waals surface area contributed by atoms with Crippen molar-refractivity contribution in [3.05, 3.63) is 53.7 Å². The van der Waals surface area contributed by atoms with Gasteiger partial charge in [-0.05, 0) is 93.9 Å². The lowest BCUT2D eigenvalue weighted by molar-refractivity contribution is -0.140. The topological polar surface area (TPSA) is 70.6 Å². The van der Waals surface area contributed by atoms with Crippen molar-refractivity contribution in [3.63, 3.8) is 0 Å². The van der Waals surface area contributed by atoms with E-state index in [0.29, 0.717) is 40.3 Å². The molecule has 0 unspecified atom stereocenters. The average Bonchev–Trinajstić information content (AvgIpc) is 3.64. The summed E-state index contributed by atoms with van der Waals surface area (Å²) in [7, 11) is 3.05. The van der Waals surface area contributed by atoms with Crippen LogP contribution in [0.5, 0.6) is 5.75 Å². The van der Waals surface area contributed by atoms with E-state index in [1.54, 1.807) is 43.4 Å². The first-order valence-electron chi connectivity index (χ1n) is 14.6. The van der Waals surface area contributed by atoms with Crippen molar-refractivity contribution in [2.75, 3.05) is 44.4 Å². The zero-order valence-corrected chi connectivity index (χ0v) is 24.1. The SMILES string of the molecule is CNC(=O)c1ccc(NCC#Cc2cc3c(N[C@H]4CC[C@H](N5CCCC5)CC4)cccc3n2CC(F)(F)F)c(OC)c1. The number of hydrogen-bond donors (Lipinski definition) is 3. The number of likely N-dealkylation sites (tertiary alicyclic amines) is 1. The summed E-state index contributed by atoms with van der Waals surface area (Å²) in [5, 5.41) is 10.1. The number of benzene rings is 2. The first-order chi connectivity index (χ1) is 20.3. The van der Waals surface area contributed by atoms with Crippen molar-refractivity contribution < 1.29 is 22.7 Å². The Morgan fingerprint density at radius 1 is 1.05 bits per heavy atom. The van der Waals surface area contributed by atoms with Crippen molar-refractivity contribution in [1.29, 1.82) is 0 Å². The van der Waals surface area contributed by atoms with Crippen molar-refractivity contribution in [2.24, 2.45) is 0 Å². The Morgan fingerprint density at radius 3 is 2.50 bits per heavy atom. The minimum absolute atomic E-state index is 0.175. The van der Waals surface area contributed by atoms with Gasteiger partial charge in [-0.15, -0.1) is 0 Å². The predicted octanol–water partition coefficient (Wildman–Crippen LogP) is 5.85. The Hall–Kier alpha value is -3.84. The zero-order valence-electron chi connectivity index (χ0n) is 24.1. The Labute approximate surface area is 244 Å². The molecule has 1 saturated heterocycles. The molecule has 2 aromatic carbocycles. The molecule has 0 bridgehead atoms. The summed E-state index contributed by atoms with van der Waals surface area (Å²) >= 11 is 0. The summed E-state index contributed by atoms with van der Waals surface area (Å²) in [4.78, 5) is 14.5. The number of aromatic nitrogens is 1. The van der Waals surface area contributed by atoms with Crippen LogP contribution >= 0.6 is 0 Å². The van der Waals surface area contributed by atoms with Crippen LogP contribution in [0.1, 0.15) is 54.6 Å². The Balaban J connectivity index is 1.33. The fourth-order valence-electron chi connectivity index (χ4n) is 6.17. The number of rotatable bonds is 8. The highest BCUT2D eigenvalue weighted by Gasteiger charge is 2.31. The number of amides is 1. The van der Waals surface area contributed by atoms with Gasteiger partial charge in [-0.1, -0.05) is 12.0 Å². The molecule has 0 atom stereocenters. The summed E-state index contributed by atoms with van der Waals surface area (Å²) in [6.45, 7) is 1.46. The van der Waals surface area contributed by atoms with Gasteiger partial charge in [0.25, 0.3) is 5.91 Å². The molecule has 1 aliphatic heterocycles. The van der Waals surface area contributed by atoms with E-state index in [1.165, 1.54) is 37.6 Å². The zero-order chi connectivity index (χ0) is 29.7. The first-order valence-corrected chi connectivity index (χ1v) is 14.6. The normalized spacial score (nSPS) is 19.3. The molecule has 2 fully saturated rings. The molecule has 42 heavy (non-hydrogen) atoms. The van der Waals surface area contributed by atoms with Gasteiger partial charge < -0.3 is 30.2 Å². The van der Waals surface area contributed by atoms with E-state index in [1.807, 2.05) is 6.07 Å². The van der Waals surface area contributed by atoms with Gasteiger partial charge in [0.15, 0.2) is 0 Å². The van der Waals surface area contributed by atoms with Crippen LogP contribution in [0.4, 0.5) is 24.5 Å². The number of nitrogens with one attached hydrogen (secondary N) is 3. The maximum Gasteiger partial charge on any atom is 0.406 e. The van der Waals surface area contributed by atoms with Crippen molar-refractivity contribution in [2.45, 2.75) is 63.3 Å². The molecule has 0 radical (unpaired) electrons. The lowest BCUT2D eigenvalue weighted by Gasteiger charge is -2.35. The number of hydrogen-bond acceptors (Lipinski definition) is 5. The van der Waals surface area contributed by atoms with Crippen molar-refractivity contribution in [3.8, 4) is 17.6 Å². The highest BCUT2D eigenvalue weighted by molar-refractivity contribution is 5.95. The Kier molecular flexibility index (Phi) is 9.17. The number of ether oxygens (including phenoxy) is 1. The van der Waals surface area contributed by atoms with E-state index in [2.05, 4.69) is 32.7 Å². The minimum Gasteiger partial charge on any atom is -0.495 e. The largest absolute Gasteiger partial charge is 0.495 e. The third kappa shape index (κ3) is 6.96. The molecular formula is C32H38F3N5O2. The molecule has 1 aliphatic carbocycles. The van der Waals surface area contributed by atoms with E-state index in [4.69, 9.17) is 4.74 Å². The summed E-state index contributed by atoms with van der Waals surface area (Å²) in [6.07, 6.45) is 2.57. The van der Waals surface area contributed by atoms with E-state index in [9.17, 15) is 18.0 Å². The molecular weight excluding hydrogens is 543 g/mol. The Morgan fingerprint density at radius 2 is 1.81 bits per heavy atom. The molecule has 224 valence electrons. The molecule has 1 saturated carbocycles. The molecule has 10 heteroatoms. The van der Waals surface area contributed by atoms with Crippen LogP contribution in [0.3, 0.4) is 0 Å². The number of fused-ring (bicyclic) bond motifs is 1. The molecule has 7 nitrogen and oxygen atoms in total. The van der Waals surface area contributed by atoms with Crippen molar-refractivity contribution in [1.82, 2.24) is 14.8 Å². The van der Waals surface area contributed by atoms with Crippen LogP contribution in [0.15, 0.2) is 42.5 Å². The quantitative estimate of drug-likeness (QED) is 0.291. The molecule has 2 aliphatic rings. The van der Waals surface area contributed by atoms with Gasteiger partial charge in [0, 0.05) is 35.8 Å². The number of methoxy groups -OCH3 is 1. The molecule has 3 N–H and O–H groups in total. The van der Waals surface area contributed by atoms with Gasteiger partial charge >= 0.3 is 6.18 Å². The van der Waals surface area contributed by atoms with Gasteiger partial charge in [0.05, 0.1) is 30.6 Å². The number of carbonyl (C=O) groups excluding carboxylic acids is 1. The van der Waals surface area contributed by atoms with E-state index in [-0.39, 0.29) is 12.5 Å². The average molecular weight is 582 g/mol.